The van der Waals surface area contributed by atoms with Crippen molar-refractivity contribution in [1.29, 1.82) is 0 Å². The van der Waals surface area contributed by atoms with Gasteiger partial charge in [0.15, 0.2) is 0 Å². The molecular formula is C13H26N2O. The molecular weight excluding hydrogens is 200 g/mol. The quantitative estimate of drug-likeness (QED) is 0.774. The van der Waals surface area contributed by atoms with Crippen LogP contribution in [0.25, 0.3) is 0 Å². The maximum atomic E-state index is 12.4. The SMILES string of the molecule is CC(C)CN(C(=O)C(C)C1CNC1)C(C)C. The minimum atomic E-state index is 0.169. The highest BCUT2D eigenvalue weighted by molar-refractivity contribution is 5.79. The summed E-state index contributed by atoms with van der Waals surface area (Å²) in [5.74, 6) is 1.58. The Kier molecular flexibility index (Phi) is 4.78. The fourth-order valence-electron chi connectivity index (χ4n) is 2.08. The zero-order valence-corrected chi connectivity index (χ0v) is 11.3. The monoisotopic (exact) mass is 226 g/mol. The normalized spacial score (nSPS) is 18.7. The summed E-state index contributed by atoms with van der Waals surface area (Å²) >= 11 is 0. The molecule has 0 saturated carbocycles. The molecule has 0 aromatic rings. The molecule has 1 unspecified atom stereocenters. The summed E-state index contributed by atoms with van der Waals surface area (Å²) in [6.45, 7) is 13.5. The molecule has 1 atom stereocenters. The largest absolute Gasteiger partial charge is 0.340 e. The van der Waals surface area contributed by atoms with Gasteiger partial charge in [0.25, 0.3) is 0 Å². The topological polar surface area (TPSA) is 32.3 Å². The van der Waals surface area contributed by atoms with Crippen LogP contribution in [0.5, 0.6) is 0 Å². The van der Waals surface area contributed by atoms with Gasteiger partial charge in [-0.3, -0.25) is 4.79 Å². The Bertz CT molecular complexity index is 234. The molecule has 1 rings (SSSR count). The van der Waals surface area contributed by atoms with Gasteiger partial charge in [-0.2, -0.15) is 0 Å². The van der Waals surface area contributed by atoms with Gasteiger partial charge in [-0.25, -0.2) is 0 Å². The van der Waals surface area contributed by atoms with Crippen LogP contribution >= 0.6 is 0 Å². The Morgan fingerprint density at radius 2 is 1.81 bits per heavy atom. The van der Waals surface area contributed by atoms with Crippen LogP contribution in [-0.4, -0.2) is 36.5 Å². The lowest BCUT2D eigenvalue weighted by Gasteiger charge is -2.37. The van der Waals surface area contributed by atoms with E-state index in [1.54, 1.807) is 0 Å². The van der Waals surface area contributed by atoms with Crippen molar-refractivity contribution in [1.82, 2.24) is 10.2 Å². The number of hydrogen-bond donors (Lipinski definition) is 1. The molecule has 0 aliphatic carbocycles. The van der Waals surface area contributed by atoms with Crippen molar-refractivity contribution in [2.75, 3.05) is 19.6 Å². The van der Waals surface area contributed by atoms with Crippen molar-refractivity contribution in [2.45, 2.75) is 40.7 Å². The van der Waals surface area contributed by atoms with E-state index in [0.717, 1.165) is 19.6 Å². The van der Waals surface area contributed by atoms with Crippen LogP contribution < -0.4 is 5.32 Å². The Balaban J connectivity index is 2.58. The molecule has 0 aromatic carbocycles. The first-order chi connectivity index (χ1) is 7.43. The average molecular weight is 226 g/mol. The smallest absolute Gasteiger partial charge is 0.226 e. The number of rotatable bonds is 5. The van der Waals surface area contributed by atoms with Crippen LogP contribution in [0.3, 0.4) is 0 Å². The molecule has 0 spiro atoms. The lowest BCUT2D eigenvalue weighted by atomic mass is 9.87. The van der Waals surface area contributed by atoms with E-state index >= 15 is 0 Å². The molecule has 1 aliphatic heterocycles. The minimum absolute atomic E-state index is 0.169. The molecule has 94 valence electrons. The number of hydrogen-bond acceptors (Lipinski definition) is 2. The van der Waals surface area contributed by atoms with E-state index in [2.05, 4.69) is 39.9 Å². The Labute approximate surface area is 99.6 Å². The molecule has 1 saturated heterocycles. The van der Waals surface area contributed by atoms with E-state index in [4.69, 9.17) is 0 Å². The van der Waals surface area contributed by atoms with Gasteiger partial charge >= 0.3 is 0 Å². The Morgan fingerprint density at radius 3 is 2.12 bits per heavy atom. The molecule has 3 nitrogen and oxygen atoms in total. The third-order valence-electron chi connectivity index (χ3n) is 3.38. The molecule has 0 bridgehead atoms. The van der Waals surface area contributed by atoms with Crippen molar-refractivity contribution in [3.63, 3.8) is 0 Å². The molecule has 0 radical (unpaired) electrons. The molecule has 1 N–H and O–H groups in total. The second-order valence-corrected chi connectivity index (χ2v) is 5.69. The highest BCUT2D eigenvalue weighted by Crippen LogP contribution is 2.20. The van der Waals surface area contributed by atoms with Gasteiger partial charge in [-0.05, 0) is 38.8 Å². The maximum absolute atomic E-state index is 12.4. The molecule has 3 heteroatoms. The van der Waals surface area contributed by atoms with Gasteiger partial charge in [0, 0.05) is 18.5 Å². The van der Waals surface area contributed by atoms with Crippen molar-refractivity contribution >= 4 is 5.91 Å². The van der Waals surface area contributed by atoms with Crippen molar-refractivity contribution in [2.24, 2.45) is 17.8 Å². The lowest BCUT2D eigenvalue weighted by Crippen LogP contribution is -2.52. The summed E-state index contributed by atoms with van der Waals surface area (Å²) in [4.78, 5) is 14.4. The molecule has 1 amide bonds. The summed E-state index contributed by atoms with van der Waals surface area (Å²) < 4.78 is 0. The number of amides is 1. The highest BCUT2D eigenvalue weighted by Gasteiger charge is 2.32. The fraction of sp³-hybridized carbons (Fsp3) is 0.923. The lowest BCUT2D eigenvalue weighted by molar-refractivity contribution is -0.139. The van der Waals surface area contributed by atoms with Gasteiger partial charge in [-0.15, -0.1) is 0 Å². The fourth-order valence-corrected chi connectivity index (χ4v) is 2.08. The van der Waals surface area contributed by atoms with E-state index in [-0.39, 0.29) is 5.92 Å². The summed E-state index contributed by atoms with van der Waals surface area (Å²) in [6.07, 6.45) is 0. The molecule has 1 heterocycles. The first-order valence-electron chi connectivity index (χ1n) is 6.44. The predicted octanol–water partition coefficient (Wildman–Crippen LogP) is 1.73. The van der Waals surface area contributed by atoms with Crippen LogP contribution in [0.1, 0.15) is 34.6 Å². The standard InChI is InChI=1S/C13H26N2O/c1-9(2)8-15(10(3)4)13(16)11(5)12-6-14-7-12/h9-12,14H,6-8H2,1-5H3. The van der Waals surface area contributed by atoms with E-state index in [9.17, 15) is 4.79 Å². The zero-order valence-electron chi connectivity index (χ0n) is 11.3. The van der Waals surface area contributed by atoms with Crippen LogP contribution in [0, 0.1) is 17.8 Å². The van der Waals surface area contributed by atoms with Crippen LogP contribution in [-0.2, 0) is 4.79 Å². The molecule has 16 heavy (non-hydrogen) atoms. The zero-order chi connectivity index (χ0) is 12.3. The van der Waals surface area contributed by atoms with E-state index in [0.29, 0.717) is 23.8 Å². The van der Waals surface area contributed by atoms with Crippen molar-refractivity contribution in [3.05, 3.63) is 0 Å². The van der Waals surface area contributed by atoms with Gasteiger partial charge < -0.3 is 10.2 Å². The second kappa shape index (κ2) is 5.67. The van der Waals surface area contributed by atoms with Crippen molar-refractivity contribution in [3.8, 4) is 0 Å². The maximum Gasteiger partial charge on any atom is 0.226 e. The Hall–Kier alpha value is -0.570. The van der Waals surface area contributed by atoms with E-state index in [1.807, 2.05) is 4.90 Å². The van der Waals surface area contributed by atoms with Gasteiger partial charge in [0.05, 0.1) is 0 Å². The summed E-state index contributed by atoms with van der Waals surface area (Å²) in [5.41, 5.74) is 0. The van der Waals surface area contributed by atoms with E-state index < -0.39 is 0 Å². The first-order valence-corrected chi connectivity index (χ1v) is 6.44. The molecule has 0 aromatic heterocycles. The van der Waals surface area contributed by atoms with Gasteiger partial charge in [0.1, 0.15) is 0 Å². The van der Waals surface area contributed by atoms with E-state index in [1.165, 1.54) is 0 Å². The summed E-state index contributed by atoms with van der Waals surface area (Å²) in [7, 11) is 0. The predicted molar refractivity (Wildman–Crippen MR) is 67.2 cm³/mol. The number of nitrogens with one attached hydrogen (secondary N) is 1. The van der Waals surface area contributed by atoms with Crippen LogP contribution in [0.2, 0.25) is 0 Å². The summed E-state index contributed by atoms with van der Waals surface area (Å²) in [6, 6.07) is 0.311. The third-order valence-corrected chi connectivity index (χ3v) is 3.38. The second-order valence-electron chi connectivity index (χ2n) is 5.69. The Morgan fingerprint density at radius 1 is 1.25 bits per heavy atom. The number of nitrogens with zero attached hydrogens (tertiary/aromatic N) is 1. The number of carbonyl (C=O) groups is 1. The van der Waals surface area contributed by atoms with Crippen LogP contribution in [0.15, 0.2) is 0 Å². The highest BCUT2D eigenvalue weighted by atomic mass is 16.2. The average Bonchev–Trinajstić information content (AvgIpc) is 2.09. The minimum Gasteiger partial charge on any atom is -0.340 e. The van der Waals surface area contributed by atoms with Gasteiger partial charge in [-0.1, -0.05) is 20.8 Å². The first kappa shape index (κ1) is 13.5. The van der Waals surface area contributed by atoms with Crippen LogP contribution in [0.4, 0.5) is 0 Å². The van der Waals surface area contributed by atoms with Gasteiger partial charge in [0.2, 0.25) is 5.91 Å². The van der Waals surface area contributed by atoms with Crippen molar-refractivity contribution < 1.29 is 4.79 Å². The third kappa shape index (κ3) is 3.21. The summed E-state index contributed by atoms with van der Waals surface area (Å²) in [5, 5.41) is 3.24. The molecule has 1 fully saturated rings. The molecule has 1 aliphatic rings. The number of carbonyl (C=O) groups excluding carboxylic acids is 1.